The summed E-state index contributed by atoms with van der Waals surface area (Å²) in [5.41, 5.74) is 4.08. The number of hydrogen-bond acceptors (Lipinski definition) is 5. The third kappa shape index (κ3) is 3.35. The molecule has 1 aliphatic carbocycles. The fourth-order valence-corrected chi connectivity index (χ4v) is 3.74. The number of aryl methyl sites for hydroxylation is 1. The van der Waals surface area contributed by atoms with Gasteiger partial charge in [-0.2, -0.15) is 5.10 Å². The highest BCUT2D eigenvalue weighted by molar-refractivity contribution is 5.92. The van der Waals surface area contributed by atoms with E-state index in [2.05, 4.69) is 15.2 Å². The van der Waals surface area contributed by atoms with E-state index in [1.165, 1.54) is 7.11 Å². The van der Waals surface area contributed by atoms with E-state index in [1.54, 1.807) is 16.7 Å². The minimum atomic E-state index is -0.420. The van der Waals surface area contributed by atoms with Gasteiger partial charge < -0.3 is 9.72 Å². The fraction of sp³-hybridized carbons (Fsp3) is 0.217. The predicted molar refractivity (Wildman–Crippen MR) is 116 cm³/mol. The Bertz CT molecular complexity index is 1330. The van der Waals surface area contributed by atoms with Crippen molar-refractivity contribution in [2.45, 2.75) is 25.8 Å². The number of esters is 1. The molecule has 8 nitrogen and oxygen atoms in total. The molecule has 0 radical (unpaired) electrons. The van der Waals surface area contributed by atoms with Crippen molar-refractivity contribution in [3.05, 3.63) is 70.1 Å². The van der Waals surface area contributed by atoms with E-state index in [0.29, 0.717) is 28.6 Å². The van der Waals surface area contributed by atoms with Crippen LogP contribution in [0.5, 0.6) is 0 Å². The molecule has 0 unspecified atom stereocenters. The van der Waals surface area contributed by atoms with Gasteiger partial charge in [0.25, 0.3) is 0 Å². The zero-order valence-corrected chi connectivity index (χ0v) is 17.2. The lowest BCUT2D eigenvalue weighted by molar-refractivity contribution is 0.0601. The Morgan fingerprint density at radius 3 is 2.65 bits per heavy atom. The van der Waals surface area contributed by atoms with Crippen molar-refractivity contribution < 1.29 is 9.53 Å². The molecule has 4 aromatic rings. The van der Waals surface area contributed by atoms with Gasteiger partial charge in [0.15, 0.2) is 5.82 Å². The summed E-state index contributed by atoms with van der Waals surface area (Å²) >= 11 is 0. The number of methoxy groups -OCH3 is 1. The molecule has 1 saturated carbocycles. The summed E-state index contributed by atoms with van der Waals surface area (Å²) in [6, 6.07) is 15.2. The molecule has 31 heavy (non-hydrogen) atoms. The average Bonchev–Trinajstić information content (AvgIpc) is 3.42. The number of nitrogens with one attached hydrogen (secondary N) is 2. The number of aromatic amines is 2. The topological polar surface area (TPSA) is 106 Å². The Hall–Kier alpha value is -3.94. The zero-order valence-electron chi connectivity index (χ0n) is 17.2. The van der Waals surface area contributed by atoms with Gasteiger partial charge in [0, 0.05) is 17.2 Å². The number of hydrogen-bond donors (Lipinski definition) is 2. The Morgan fingerprint density at radius 2 is 1.94 bits per heavy atom. The summed E-state index contributed by atoms with van der Waals surface area (Å²) < 4.78 is 6.57. The maximum absolute atomic E-state index is 12.4. The van der Waals surface area contributed by atoms with Gasteiger partial charge in [-0.25, -0.2) is 19.7 Å². The number of carbonyl (C=O) groups excluding carboxylic acids is 1. The molecular formula is C23H21N5O3. The van der Waals surface area contributed by atoms with Crippen molar-refractivity contribution in [2.24, 2.45) is 0 Å². The second-order valence-electron chi connectivity index (χ2n) is 7.65. The first-order valence-corrected chi connectivity index (χ1v) is 10.1. The largest absolute Gasteiger partial charge is 0.465 e. The van der Waals surface area contributed by atoms with Crippen LogP contribution in [-0.4, -0.2) is 37.8 Å². The molecule has 0 spiro atoms. The number of benzene rings is 2. The van der Waals surface area contributed by atoms with Crippen LogP contribution < -0.4 is 5.69 Å². The number of imidazole rings is 1. The van der Waals surface area contributed by atoms with Crippen molar-refractivity contribution in [3.63, 3.8) is 0 Å². The lowest BCUT2D eigenvalue weighted by atomic mass is 10.0. The van der Waals surface area contributed by atoms with Gasteiger partial charge in [0.05, 0.1) is 12.7 Å². The van der Waals surface area contributed by atoms with Crippen LogP contribution in [0, 0.1) is 6.92 Å². The molecule has 156 valence electrons. The minimum absolute atomic E-state index is 0.139. The van der Waals surface area contributed by atoms with E-state index in [9.17, 15) is 9.59 Å². The molecule has 0 amide bonds. The van der Waals surface area contributed by atoms with Gasteiger partial charge in [-0.3, -0.25) is 4.57 Å². The van der Waals surface area contributed by atoms with Crippen LogP contribution >= 0.6 is 0 Å². The van der Waals surface area contributed by atoms with Crippen LogP contribution in [0.4, 0.5) is 0 Å². The molecular weight excluding hydrogens is 394 g/mol. The Kier molecular flexibility index (Phi) is 4.54. The van der Waals surface area contributed by atoms with Gasteiger partial charge in [-0.1, -0.05) is 36.4 Å². The molecule has 8 heteroatoms. The van der Waals surface area contributed by atoms with Crippen LogP contribution in [0.15, 0.2) is 53.3 Å². The second kappa shape index (κ2) is 7.39. The van der Waals surface area contributed by atoms with E-state index in [-0.39, 0.29) is 11.7 Å². The van der Waals surface area contributed by atoms with Crippen molar-refractivity contribution >= 4 is 5.97 Å². The average molecular weight is 415 g/mol. The number of carbonyl (C=O) groups is 1. The maximum Gasteiger partial charge on any atom is 0.343 e. The molecule has 5 rings (SSSR count). The lowest BCUT2D eigenvalue weighted by Crippen LogP contribution is -2.16. The number of H-pyrrole nitrogens is 2. The van der Waals surface area contributed by atoms with Crippen molar-refractivity contribution in [3.8, 4) is 34.2 Å². The van der Waals surface area contributed by atoms with Crippen molar-refractivity contribution in [1.29, 1.82) is 0 Å². The number of aromatic nitrogens is 5. The summed E-state index contributed by atoms with van der Waals surface area (Å²) in [6.45, 7) is 1.95. The molecule has 2 N–H and O–H groups in total. The summed E-state index contributed by atoms with van der Waals surface area (Å²) in [7, 11) is 1.35. The van der Waals surface area contributed by atoms with Crippen molar-refractivity contribution in [1.82, 2.24) is 24.7 Å². The first kappa shape index (κ1) is 19.0. The molecule has 0 saturated heterocycles. The monoisotopic (exact) mass is 415 g/mol. The normalized spacial score (nSPS) is 13.4. The van der Waals surface area contributed by atoms with Gasteiger partial charge in [0.2, 0.25) is 0 Å². The minimum Gasteiger partial charge on any atom is -0.465 e. The van der Waals surface area contributed by atoms with E-state index in [4.69, 9.17) is 9.72 Å². The first-order valence-electron chi connectivity index (χ1n) is 10.1. The number of ether oxygens (including phenoxy) is 1. The molecule has 0 atom stereocenters. The van der Waals surface area contributed by atoms with E-state index >= 15 is 0 Å². The van der Waals surface area contributed by atoms with E-state index in [1.807, 2.05) is 43.3 Å². The van der Waals surface area contributed by atoms with Crippen LogP contribution in [0.3, 0.4) is 0 Å². The van der Waals surface area contributed by atoms with Crippen LogP contribution in [0.25, 0.3) is 34.2 Å². The Labute approximate surface area is 177 Å². The van der Waals surface area contributed by atoms with Crippen molar-refractivity contribution in [2.75, 3.05) is 7.11 Å². The van der Waals surface area contributed by atoms with E-state index in [0.717, 1.165) is 29.5 Å². The third-order valence-corrected chi connectivity index (χ3v) is 5.50. The highest BCUT2D eigenvalue weighted by Crippen LogP contribution is 2.39. The van der Waals surface area contributed by atoms with Crippen LogP contribution in [0.1, 0.15) is 34.8 Å². The number of nitrogens with zero attached hydrogens (tertiary/aromatic N) is 3. The first-order chi connectivity index (χ1) is 15.1. The fourth-order valence-electron chi connectivity index (χ4n) is 3.74. The SMILES string of the molecule is COC(=O)c1ccc(C)c(-c2nc(-c3ccccc3)[nH]c2-c2n[nH]c(=O)n2C2CC2)c1. The van der Waals surface area contributed by atoms with E-state index < -0.39 is 5.97 Å². The maximum atomic E-state index is 12.4. The van der Waals surface area contributed by atoms with Gasteiger partial charge >= 0.3 is 11.7 Å². The molecule has 1 aliphatic rings. The molecule has 1 fully saturated rings. The van der Waals surface area contributed by atoms with Gasteiger partial charge in [-0.15, -0.1) is 0 Å². The highest BCUT2D eigenvalue weighted by atomic mass is 16.5. The Balaban J connectivity index is 1.75. The standard InChI is InChI=1S/C23H21N5O3/c1-13-8-9-15(22(29)31-2)12-17(13)18-19(21-26-27-23(30)28(21)16-10-11-16)25-20(24-18)14-6-4-3-5-7-14/h3-9,12,16H,10-11H2,1-2H3,(H,24,25)(H,27,30). The zero-order chi connectivity index (χ0) is 21.5. The van der Waals surface area contributed by atoms with Gasteiger partial charge in [-0.05, 0) is 37.5 Å². The smallest absolute Gasteiger partial charge is 0.343 e. The summed E-state index contributed by atoms with van der Waals surface area (Å²) in [4.78, 5) is 32.8. The quantitative estimate of drug-likeness (QED) is 0.483. The van der Waals surface area contributed by atoms with Crippen LogP contribution in [-0.2, 0) is 4.74 Å². The highest BCUT2D eigenvalue weighted by Gasteiger charge is 2.31. The Morgan fingerprint density at radius 1 is 1.16 bits per heavy atom. The predicted octanol–water partition coefficient (Wildman–Crippen LogP) is 3.73. The molecule has 2 heterocycles. The third-order valence-electron chi connectivity index (χ3n) is 5.50. The summed E-state index contributed by atoms with van der Waals surface area (Å²) in [5, 5.41) is 6.88. The molecule has 0 aliphatic heterocycles. The lowest BCUT2D eigenvalue weighted by Gasteiger charge is -2.09. The summed E-state index contributed by atoms with van der Waals surface area (Å²) in [6.07, 6.45) is 1.89. The molecule has 2 aromatic carbocycles. The molecule has 2 aromatic heterocycles. The summed E-state index contributed by atoms with van der Waals surface area (Å²) in [5.74, 6) is 0.752. The second-order valence-corrected chi connectivity index (χ2v) is 7.65. The molecule has 0 bridgehead atoms. The van der Waals surface area contributed by atoms with Crippen LogP contribution in [0.2, 0.25) is 0 Å². The number of rotatable bonds is 5. The van der Waals surface area contributed by atoms with Gasteiger partial charge in [0.1, 0.15) is 17.2 Å².